The monoisotopic (exact) mass is 501 g/mol. The molecule has 0 aliphatic carbocycles. The van der Waals surface area contributed by atoms with E-state index >= 15 is 0 Å². The molecule has 0 N–H and O–H groups in total. The summed E-state index contributed by atoms with van der Waals surface area (Å²) in [6.07, 6.45) is 3.89. The van der Waals surface area contributed by atoms with Gasteiger partial charge in [0.2, 0.25) is 0 Å². The van der Waals surface area contributed by atoms with Crippen LogP contribution >= 0.6 is 11.3 Å². The minimum Gasteiger partial charge on any atom is -0.494 e. The number of ether oxygens (including phenoxy) is 1. The van der Waals surface area contributed by atoms with Gasteiger partial charge in [0.15, 0.2) is 0 Å². The predicted octanol–water partition coefficient (Wildman–Crippen LogP) is 4.12. The van der Waals surface area contributed by atoms with E-state index in [1.807, 2.05) is 24.0 Å². The molecule has 4 heterocycles. The van der Waals surface area contributed by atoms with Crippen molar-refractivity contribution in [2.45, 2.75) is 30.4 Å². The highest BCUT2D eigenvalue weighted by atomic mass is 32.2. The summed E-state index contributed by atoms with van der Waals surface area (Å²) in [6, 6.07) is 12.4. The summed E-state index contributed by atoms with van der Waals surface area (Å²) < 4.78 is 38.8. The largest absolute Gasteiger partial charge is 0.494 e. The Bertz CT molecular complexity index is 1240. The molecule has 0 saturated carbocycles. The normalized spacial score (nSPS) is 18.4. The summed E-state index contributed by atoms with van der Waals surface area (Å²) >= 11 is 1.21. The Labute approximate surface area is 203 Å². The second-order valence-electron chi connectivity index (χ2n) is 8.84. The smallest absolute Gasteiger partial charge is 0.253 e. The van der Waals surface area contributed by atoms with E-state index in [1.165, 1.54) is 17.6 Å². The highest BCUT2D eigenvalue weighted by molar-refractivity contribution is 7.91. The summed E-state index contributed by atoms with van der Waals surface area (Å²) in [5, 5.41) is 3.89. The fourth-order valence-electron chi connectivity index (χ4n) is 4.80. The zero-order valence-electron chi connectivity index (χ0n) is 19.0. The molecule has 1 spiro atoms. The summed E-state index contributed by atoms with van der Waals surface area (Å²) in [4.78, 5) is 15.6. The van der Waals surface area contributed by atoms with Crippen molar-refractivity contribution in [2.24, 2.45) is 5.41 Å². The number of nitrogens with zero attached hydrogens (tertiary/aromatic N) is 3. The first-order valence-corrected chi connectivity index (χ1v) is 13.7. The molecule has 34 heavy (non-hydrogen) atoms. The molecule has 1 amide bonds. The molecule has 10 heteroatoms. The predicted molar refractivity (Wildman–Crippen MR) is 128 cm³/mol. The molecule has 2 aromatic heterocycles. The number of piperidine rings is 1. The first kappa shape index (κ1) is 23.1. The molecular weight excluding hydrogens is 474 g/mol. The Balaban J connectivity index is 1.21. The maximum atomic E-state index is 13.3. The standard InChI is InChI=1S/C24H27N3O5S2/c1-2-31-19-5-3-18(4-6-19)23(28)26-13-10-24(11-14-26)12-15-27(17-24)34(29,30)22-8-7-21(33-22)20-9-16-32-25-20/h3-9,16H,2,10-15,17H2,1H3. The number of rotatable bonds is 6. The number of aromatic nitrogens is 1. The highest BCUT2D eigenvalue weighted by Crippen LogP contribution is 2.43. The average molecular weight is 502 g/mol. The van der Waals surface area contributed by atoms with E-state index in [1.54, 1.807) is 34.6 Å². The SMILES string of the molecule is CCOc1ccc(C(=O)N2CCC3(CC2)CCN(S(=O)(=O)c2ccc(-c4ccon4)s2)C3)cc1. The van der Waals surface area contributed by atoms with Crippen LogP contribution in [0.25, 0.3) is 10.6 Å². The van der Waals surface area contributed by atoms with Gasteiger partial charge in [0, 0.05) is 37.8 Å². The number of carbonyl (C=O) groups excluding carboxylic acids is 1. The van der Waals surface area contributed by atoms with Gasteiger partial charge in [-0.2, -0.15) is 4.31 Å². The van der Waals surface area contributed by atoms with Gasteiger partial charge in [0.25, 0.3) is 15.9 Å². The van der Waals surface area contributed by atoms with Gasteiger partial charge in [-0.25, -0.2) is 8.42 Å². The summed E-state index contributed by atoms with van der Waals surface area (Å²) in [5.41, 5.74) is 1.21. The van der Waals surface area contributed by atoms with Crippen molar-refractivity contribution in [3.63, 3.8) is 0 Å². The second-order valence-corrected chi connectivity index (χ2v) is 12.1. The van der Waals surface area contributed by atoms with Gasteiger partial charge in [-0.1, -0.05) is 5.16 Å². The Hall–Kier alpha value is -2.69. The lowest BCUT2D eigenvalue weighted by atomic mass is 9.78. The van der Waals surface area contributed by atoms with Crippen LogP contribution in [0.5, 0.6) is 5.75 Å². The quantitative estimate of drug-likeness (QED) is 0.505. The Morgan fingerprint density at radius 3 is 2.50 bits per heavy atom. The number of thiophene rings is 1. The van der Waals surface area contributed by atoms with Gasteiger partial charge in [0.05, 0.1) is 11.5 Å². The molecule has 3 aromatic rings. The number of benzene rings is 1. The topological polar surface area (TPSA) is 93.0 Å². The summed E-state index contributed by atoms with van der Waals surface area (Å²) in [6.45, 7) is 4.78. The Kier molecular flexibility index (Phi) is 6.22. The average Bonchev–Trinajstić information content (AvgIpc) is 3.61. The minimum atomic E-state index is -3.56. The fraction of sp³-hybridized carbons (Fsp3) is 0.417. The first-order chi connectivity index (χ1) is 16.4. The van der Waals surface area contributed by atoms with Gasteiger partial charge >= 0.3 is 0 Å². The molecule has 2 saturated heterocycles. The van der Waals surface area contributed by atoms with Crippen LogP contribution in [0.4, 0.5) is 0 Å². The number of sulfonamides is 1. The first-order valence-electron chi connectivity index (χ1n) is 11.4. The number of hydrogen-bond acceptors (Lipinski definition) is 7. The minimum absolute atomic E-state index is 0.0133. The summed E-state index contributed by atoms with van der Waals surface area (Å²) in [5.74, 6) is 0.766. The van der Waals surface area contributed by atoms with E-state index in [2.05, 4.69) is 5.16 Å². The maximum Gasteiger partial charge on any atom is 0.253 e. The third-order valence-electron chi connectivity index (χ3n) is 6.79. The van der Waals surface area contributed by atoms with Gasteiger partial charge in [-0.05, 0) is 68.0 Å². The lowest BCUT2D eigenvalue weighted by molar-refractivity contribution is 0.0600. The third-order valence-corrected chi connectivity index (χ3v) is 10.2. The molecule has 2 aliphatic rings. The lowest BCUT2D eigenvalue weighted by Gasteiger charge is -2.39. The van der Waals surface area contributed by atoms with Gasteiger partial charge in [-0.15, -0.1) is 11.3 Å². The molecular formula is C24H27N3O5S2. The van der Waals surface area contributed by atoms with Crippen molar-refractivity contribution in [3.8, 4) is 16.3 Å². The molecule has 8 nitrogen and oxygen atoms in total. The number of likely N-dealkylation sites (tertiary alicyclic amines) is 1. The van der Waals surface area contributed by atoms with Crippen LogP contribution in [0.15, 0.2) is 57.5 Å². The van der Waals surface area contributed by atoms with Crippen LogP contribution in [-0.4, -0.2) is 61.5 Å². The van der Waals surface area contributed by atoms with Crippen LogP contribution in [0.2, 0.25) is 0 Å². The molecule has 5 rings (SSSR count). The van der Waals surface area contributed by atoms with E-state index in [0.29, 0.717) is 48.3 Å². The van der Waals surface area contributed by atoms with Gasteiger partial charge in [0.1, 0.15) is 21.9 Å². The van der Waals surface area contributed by atoms with Crippen LogP contribution in [0, 0.1) is 5.41 Å². The van der Waals surface area contributed by atoms with Gasteiger partial charge < -0.3 is 14.2 Å². The van der Waals surface area contributed by atoms with Crippen LogP contribution in [-0.2, 0) is 10.0 Å². The van der Waals surface area contributed by atoms with Crippen molar-refractivity contribution in [1.82, 2.24) is 14.4 Å². The van der Waals surface area contributed by atoms with E-state index in [0.717, 1.165) is 29.9 Å². The highest BCUT2D eigenvalue weighted by Gasteiger charge is 2.45. The van der Waals surface area contributed by atoms with Crippen LogP contribution in [0.3, 0.4) is 0 Å². The molecule has 0 atom stereocenters. The zero-order chi connectivity index (χ0) is 23.8. The molecule has 1 aromatic carbocycles. The molecule has 180 valence electrons. The maximum absolute atomic E-state index is 13.3. The lowest BCUT2D eigenvalue weighted by Crippen LogP contribution is -2.44. The fourth-order valence-corrected chi connectivity index (χ4v) is 7.77. The van der Waals surface area contributed by atoms with Crippen LogP contribution in [0.1, 0.15) is 36.5 Å². The van der Waals surface area contributed by atoms with Crippen molar-refractivity contribution in [1.29, 1.82) is 0 Å². The van der Waals surface area contributed by atoms with Crippen molar-refractivity contribution in [2.75, 3.05) is 32.8 Å². The number of amides is 1. The second kappa shape index (κ2) is 9.16. The Morgan fingerprint density at radius 1 is 1.09 bits per heavy atom. The molecule has 2 fully saturated rings. The zero-order valence-corrected chi connectivity index (χ0v) is 20.6. The summed E-state index contributed by atoms with van der Waals surface area (Å²) in [7, 11) is -3.56. The van der Waals surface area contributed by atoms with Crippen molar-refractivity contribution >= 4 is 27.3 Å². The number of carbonyl (C=O) groups is 1. The van der Waals surface area contributed by atoms with E-state index in [4.69, 9.17) is 9.26 Å². The van der Waals surface area contributed by atoms with Gasteiger partial charge in [-0.3, -0.25) is 4.79 Å². The molecule has 0 radical (unpaired) electrons. The Morgan fingerprint density at radius 2 is 1.82 bits per heavy atom. The van der Waals surface area contributed by atoms with Crippen molar-refractivity contribution in [3.05, 3.63) is 54.3 Å². The van der Waals surface area contributed by atoms with E-state index in [9.17, 15) is 13.2 Å². The molecule has 0 unspecified atom stereocenters. The van der Waals surface area contributed by atoms with Crippen molar-refractivity contribution < 1.29 is 22.5 Å². The molecule has 0 bridgehead atoms. The van der Waals surface area contributed by atoms with Crippen LogP contribution < -0.4 is 4.74 Å². The third kappa shape index (κ3) is 4.37. The van der Waals surface area contributed by atoms with E-state index in [-0.39, 0.29) is 11.3 Å². The number of hydrogen-bond donors (Lipinski definition) is 0. The van der Waals surface area contributed by atoms with E-state index < -0.39 is 10.0 Å². The molecule has 2 aliphatic heterocycles.